The van der Waals surface area contributed by atoms with Gasteiger partial charge in [-0.15, -0.1) is 10.2 Å². The van der Waals surface area contributed by atoms with Gasteiger partial charge in [0.15, 0.2) is 0 Å². The van der Waals surface area contributed by atoms with Gasteiger partial charge in [-0.25, -0.2) is 0 Å². The molecule has 0 atom stereocenters. The van der Waals surface area contributed by atoms with E-state index in [1.807, 2.05) is 0 Å². The average Bonchev–Trinajstić information content (AvgIpc) is 2.61. The second-order valence-corrected chi connectivity index (χ2v) is 4.02. The average molecular weight is 270 g/mol. The molecule has 0 unspecified atom stereocenters. The van der Waals surface area contributed by atoms with E-state index in [0.717, 1.165) is 0 Å². The van der Waals surface area contributed by atoms with Gasteiger partial charge in [0.2, 0.25) is 10.1 Å². The number of alkyl halides is 3. The molecule has 1 heterocycles. The molecule has 0 aromatic carbocycles. The topological polar surface area (TPSA) is 92.3 Å². The van der Waals surface area contributed by atoms with E-state index >= 15 is 0 Å². The Kier molecular flexibility index (Phi) is 4.23. The molecule has 6 nitrogen and oxygen atoms in total. The van der Waals surface area contributed by atoms with E-state index in [1.54, 1.807) is 0 Å². The summed E-state index contributed by atoms with van der Waals surface area (Å²) in [6, 6.07) is 0. The number of aliphatic hydroxyl groups is 1. The molecule has 17 heavy (non-hydrogen) atoms. The molecule has 0 aliphatic rings. The van der Waals surface area contributed by atoms with Gasteiger partial charge in [0.1, 0.15) is 6.54 Å². The molecule has 0 aliphatic carbocycles. The van der Waals surface area contributed by atoms with E-state index in [9.17, 15) is 18.0 Å². The number of anilines is 1. The molecule has 96 valence electrons. The third-order valence-electron chi connectivity index (χ3n) is 1.65. The van der Waals surface area contributed by atoms with Crippen molar-refractivity contribution >= 4 is 22.4 Å². The normalized spacial score (nSPS) is 11.5. The Morgan fingerprint density at radius 3 is 2.53 bits per heavy atom. The van der Waals surface area contributed by atoms with E-state index in [-0.39, 0.29) is 10.1 Å². The van der Waals surface area contributed by atoms with Crippen LogP contribution in [0.5, 0.6) is 0 Å². The Labute approximate surface area is 97.9 Å². The number of nitrogens with two attached hydrogens (primary N) is 1. The van der Waals surface area contributed by atoms with Crippen LogP contribution in [0.4, 0.5) is 18.3 Å². The summed E-state index contributed by atoms with van der Waals surface area (Å²) in [7, 11) is 0. The lowest BCUT2D eigenvalue weighted by Crippen LogP contribution is -2.40. The highest BCUT2D eigenvalue weighted by atomic mass is 32.1. The van der Waals surface area contributed by atoms with E-state index in [2.05, 4.69) is 10.2 Å². The van der Waals surface area contributed by atoms with Crippen LogP contribution in [0.3, 0.4) is 0 Å². The lowest BCUT2D eigenvalue weighted by molar-refractivity contribution is -0.141. The first kappa shape index (κ1) is 13.6. The van der Waals surface area contributed by atoms with Crippen LogP contribution in [0.15, 0.2) is 0 Å². The van der Waals surface area contributed by atoms with E-state index in [1.165, 1.54) is 0 Å². The van der Waals surface area contributed by atoms with E-state index in [4.69, 9.17) is 10.8 Å². The number of nitrogens with zero attached hydrogens (tertiary/aromatic N) is 3. The number of aromatic nitrogens is 2. The fraction of sp³-hybridized carbons (Fsp3) is 0.571. The maximum Gasteiger partial charge on any atom is 0.406 e. The standard InChI is InChI=1S/C7H9F3N4O2S/c8-7(9,10)3-14(1-2-15)5(16)4-12-13-6(11)17-4/h15H,1-3H2,(H2,11,13). The third kappa shape index (κ3) is 4.15. The molecule has 0 aliphatic heterocycles. The molecule has 0 bridgehead atoms. The Balaban J connectivity index is 2.80. The minimum Gasteiger partial charge on any atom is -0.395 e. The Morgan fingerprint density at radius 2 is 2.12 bits per heavy atom. The number of amides is 1. The van der Waals surface area contributed by atoms with E-state index in [0.29, 0.717) is 16.2 Å². The molecule has 1 amide bonds. The molecule has 10 heteroatoms. The molecular formula is C7H9F3N4O2S. The van der Waals surface area contributed by atoms with Crippen LogP contribution in [0.1, 0.15) is 9.80 Å². The first-order valence-electron chi connectivity index (χ1n) is 4.39. The number of halogens is 3. The minimum absolute atomic E-state index is 0.00990. The zero-order valence-electron chi connectivity index (χ0n) is 8.44. The van der Waals surface area contributed by atoms with E-state index < -0.39 is 31.8 Å². The van der Waals surface area contributed by atoms with Gasteiger partial charge < -0.3 is 15.7 Å². The molecule has 0 saturated carbocycles. The van der Waals surface area contributed by atoms with Crippen molar-refractivity contribution in [1.82, 2.24) is 15.1 Å². The Hall–Kier alpha value is -1.42. The largest absolute Gasteiger partial charge is 0.406 e. The van der Waals surface area contributed by atoms with Gasteiger partial charge in [0, 0.05) is 6.54 Å². The summed E-state index contributed by atoms with van der Waals surface area (Å²) in [5.41, 5.74) is 5.22. The van der Waals surface area contributed by atoms with Crippen molar-refractivity contribution in [3.8, 4) is 0 Å². The number of rotatable bonds is 4. The van der Waals surface area contributed by atoms with Gasteiger partial charge in [-0.2, -0.15) is 13.2 Å². The summed E-state index contributed by atoms with van der Waals surface area (Å²) in [4.78, 5) is 12.0. The monoisotopic (exact) mass is 270 g/mol. The maximum absolute atomic E-state index is 12.2. The minimum atomic E-state index is -4.54. The number of aliphatic hydroxyl groups excluding tert-OH is 1. The second kappa shape index (κ2) is 5.27. The van der Waals surface area contributed by atoms with Crippen molar-refractivity contribution in [2.45, 2.75) is 6.18 Å². The summed E-state index contributed by atoms with van der Waals surface area (Å²) in [5, 5.41) is 15.1. The van der Waals surface area contributed by atoms with Crippen LogP contribution < -0.4 is 5.73 Å². The summed E-state index contributed by atoms with van der Waals surface area (Å²) in [6.45, 7) is -2.46. The van der Waals surface area contributed by atoms with Crippen LogP contribution in [0.25, 0.3) is 0 Å². The molecule has 0 fully saturated rings. The van der Waals surface area contributed by atoms with Crippen molar-refractivity contribution in [1.29, 1.82) is 0 Å². The van der Waals surface area contributed by atoms with Gasteiger partial charge in [-0.1, -0.05) is 11.3 Å². The molecule has 3 N–H and O–H groups in total. The van der Waals surface area contributed by atoms with Gasteiger partial charge in [-0.05, 0) is 0 Å². The molecule has 1 aromatic heterocycles. The first-order valence-corrected chi connectivity index (χ1v) is 5.21. The lowest BCUT2D eigenvalue weighted by atomic mass is 10.4. The van der Waals surface area contributed by atoms with Crippen molar-refractivity contribution in [2.75, 3.05) is 25.4 Å². The van der Waals surface area contributed by atoms with Crippen LogP contribution >= 0.6 is 11.3 Å². The third-order valence-corrected chi connectivity index (χ3v) is 2.39. The Morgan fingerprint density at radius 1 is 1.47 bits per heavy atom. The highest BCUT2D eigenvalue weighted by Crippen LogP contribution is 2.19. The number of hydrogen-bond acceptors (Lipinski definition) is 6. The highest BCUT2D eigenvalue weighted by Gasteiger charge is 2.34. The number of nitrogen functional groups attached to an aromatic ring is 1. The fourth-order valence-corrected chi connectivity index (χ4v) is 1.62. The second-order valence-electron chi connectivity index (χ2n) is 3.01. The van der Waals surface area contributed by atoms with Crippen LogP contribution in [-0.4, -0.2) is 52.0 Å². The van der Waals surface area contributed by atoms with Crippen molar-refractivity contribution < 1.29 is 23.1 Å². The SMILES string of the molecule is Nc1nnc(C(=O)N(CCO)CC(F)(F)F)s1. The predicted molar refractivity (Wildman–Crippen MR) is 53.4 cm³/mol. The number of carbonyl (C=O) groups excluding carboxylic acids is 1. The molecule has 0 spiro atoms. The maximum atomic E-state index is 12.2. The highest BCUT2D eigenvalue weighted by molar-refractivity contribution is 7.16. The van der Waals surface area contributed by atoms with Crippen LogP contribution in [0.2, 0.25) is 0 Å². The van der Waals surface area contributed by atoms with Crippen molar-refractivity contribution in [3.63, 3.8) is 0 Å². The molecule has 1 rings (SSSR count). The molecule has 0 radical (unpaired) electrons. The summed E-state index contributed by atoms with van der Waals surface area (Å²) in [5.74, 6) is -0.953. The smallest absolute Gasteiger partial charge is 0.395 e. The number of carbonyl (C=O) groups is 1. The first-order chi connectivity index (χ1) is 7.83. The van der Waals surface area contributed by atoms with Crippen LogP contribution in [0, 0.1) is 0 Å². The van der Waals surface area contributed by atoms with Crippen molar-refractivity contribution in [2.24, 2.45) is 0 Å². The van der Waals surface area contributed by atoms with Gasteiger partial charge in [-0.3, -0.25) is 4.79 Å². The van der Waals surface area contributed by atoms with Gasteiger partial charge in [0.25, 0.3) is 5.91 Å². The fourth-order valence-electron chi connectivity index (χ4n) is 1.05. The molecule has 0 saturated heterocycles. The van der Waals surface area contributed by atoms with Crippen LogP contribution in [-0.2, 0) is 0 Å². The van der Waals surface area contributed by atoms with Crippen molar-refractivity contribution in [3.05, 3.63) is 5.01 Å². The zero-order chi connectivity index (χ0) is 13.1. The predicted octanol–water partition coefficient (Wildman–Crippen LogP) is 0.117. The quantitative estimate of drug-likeness (QED) is 0.810. The Bertz CT molecular complexity index is 395. The summed E-state index contributed by atoms with van der Waals surface area (Å²) in [6.07, 6.45) is -4.54. The zero-order valence-corrected chi connectivity index (χ0v) is 9.25. The molecular weight excluding hydrogens is 261 g/mol. The lowest BCUT2D eigenvalue weighted by Gasteiger charge is -2.21. The van der Waals surface area contributed by atoms with Gasteiger partial charge >= 0.3 is 6.18 Å². The summed E-state index contributed by atoms with van der Waals surface area (Å²) >= 11 is 0.691. The summed E-state index contributed by atoms with van der Waals surface area (Å²) < 4.78 is 36.5. The number of hydrogen-bond donors (Lipinski definition) is 2. The molecule has 1 aromatic rings. The van der Waals surface area contributed by atoms with Gasteiger partial charge in [0.05, 0.1) is 6.61 Å².